The van der Waals surface area contributed by atoms with Gasteiger partial charge in [0.05, 0.1) is 0 Å². The van der Waals surface area contributed by atoms with Crippen LogP contribution in [0, 0.1) is 18.6 Å². The molecular weight excluding hydrogens is 272 g/mol. The van der Waals surface area contributed by atoms with Crippen molar-refractivity contribution in [2.75, 3.05) is 5.32 Å². The Morgan fingerprint density at radius 1 is 1.30 bits per heavy atom. The highest BCUT2D eigenvalue weighted by molar-refractivity contribution is 5.95. The van der Waals surface area contributed by atoms with Crippen LogP contribution in [0.1, 0.15) is 18.4 Å². The van der Waals surface area contributed by atoms with Gasteiger partial charge in [0.1, 0.15) is 17.6 Å². The maximum Gasteiger partial charge on any atom is 0.332 e. The number of halogens is 2. The summed E-state index contributed by atoms with van der Waals surface area (Å²) in [6, 6.07) is 2.30. The van der Waals surface area contributed by atoms with Crippen LogP contribution in [0.2, 0.25) is 0 Å². The molecule has 0 aliphatic carbocycles. The number of aliphatic carboxylic acids is 1. The van der Waals surface area contributed by atoms with E-state index in [2.05, 4.69) is 5.32 Å². The number of aryl methyl sites for hydroxylation is 1. The second-order valence-corrected chi connectivity index (χ2v) is 4.57. The predicted octanol–water partition coefficient (Wildman–Crippen LogP) is 1.84. The van der Waals surface area contributed by atoms with Gasteiger partial charge in [-0.3, -0.25) is 4.79 Å². The van der Waals surface area contributed by atoms with Crippen LogP contribution < -0.4 is 5.32 Å². The van der Waals surface area contributed by atoms with E-state index in [1.807, 2.05) is 0 Å². The zero-order valence-electron chi connectivity index (χ0n) is 10.7. The zero-order chi connectivity index (χ0) is 14.9. The predicted molar refractivity (Wildman–Crippen MR) is 65.3 cm³/mol. The molecule has 1 aromatic rings. The second-order valence-electron chi connectivity index (χ2n) is 4.57. The van der Waals surface area contributed by atoms with Crippen LogP contribution in [0.25, 0.3) is 0 Å². The first-order valence-electron chi connectivity index (χ1n) is 6.04. The first kappa shape index (κ1) is 14.4. The summed E-state index contributed by atoms with van der Waals surface area (Å²) in [5.74, 6) is -3.66. The molecule has 0 saturated carbocycles. The Kier molecular flexibility index (Phi) is 3.99. The van der Waals surface area contributed by atoms with Gasteiger partial charge in [-0.1, -0.05) is 6.07 Å². The Morgan fingerprint density at radius 2 is 1.95 bits per heavy atom. The highest BCUT2D eigenvalue weighted by Crippen LogP contribution is 2.25. The number of carboxylic acid groups (broad SMARTS) is 1. The summed E-state index contributed by atoms with van der Waals surface area (Å²) in [5, 5.41) is 10.9. The lowest BCUT2D eigenvalue weighted by atomic mass is 10.1. The molecule has 1 aromatic carbocycles. The number of carbonyl (C=O) groups is 2. The third kappa shape index (κ3) is 2.77. The normalized spacial score (nSPS) is 21.8. The van der Waals surface area contributed by atoms with E-state index >= 15 is 0 Å². The minimum Gasteiger partial charge on any atom is -0.479 e. The van der Waals surface area contributed by atoms with Crippen molar-refractivity contribution in [3.8, 4) is 0 Å². The van der Waals surface area contributed by atoms with Crippen molar-refractivity contribution in [1.29, 1.82) is 0 Å². The fourth-order valence-electron chi connectivity index (χ4n) is 1.99. The molecule has 0 spiro atoms. The summed E-state index contributed by atoms with van der Waals surface area (Å²) in [4.78, 5) is 22.5. The summed E-state index contributed by atoms with van der Waals surface area (Å²) in [6.45, 7) is 1.44. The summed E-state index contributed by atoms with van der Waals surface area (Å²) in [5.41, 5.74) is -0.352. The van der Waals surface area contributed by atoms with E-state index in [9.17, 15) is 18.4 Å². The molecule has 1 aliphatic rings. The van der Waals surface area contributed by atoms with Crippen molar-refractivity contribution in [3.05, 3.63) is 29.3 Å². The standard InChI is InChI=1S/C13H13F2NO4/c1-6-2-3-7(14)11(10(6)15)16-12(17)8-4-5-9(20-8)13(18)19/h2-3,8-9H,4-5H2,1H3,(H,16,17)(H,18,19). The number of hydrogen-bond donors (Lipinski definition) is 2. The molecule has 2 N–H and O–H groups in total. The molecule has 2 rings (SSSR count). The van der Waals surface area contributed by atoms with Crippen molar-refractivity contribution in [2.45, 2.75) is 32.0 Å². The summed E-state index contributed by atoms with van der Waals surface area (Å²) in [6.07, 6.45) is -1.70. The molecule has 0 radical (unpaired) electrons. The summed E-state index contributed by atoms with van der Waals surface area (Å²) in [7, 11) is 0. The van der Waals surface area contributed by atoms with Crippen molar-refractivity contribution in [2.24, 2.45) is 0 Å². The summed E-state index contributed by atoms with van der Waals surface area (Å²) < 4.78 is 32.2. The molecule has 1 heterocycles. The van der Waals surface area contributed by atoms with Crippen LogP contribution in [0.4, 0.5) is 14.5 Å². The minimum atomic E-state index is -1.16. The molecule has 5 nitrogen and oxygen atoms in total. The fourth-order valence-corrected chi connectivity index (χ4v) is 1.99. The average molecular weight is 285 g/mol. The maximum absolute atomic E-state index is 13.7. The Balaban J connectivity index is 2.10. The number of anilines is 1. The van der Waals surface area contributed by atoms with Gasteiger partial charge in [-0.2, -0.15) is 0 Å². The van der Waals surface area contributed by atoms with Crippen LogP contribution in [0.15, 0.2) is 12.1 Å². The molecule has 7 heteroatoms. The van der Waals surface area contributed by atoms with Gasteiger partial charge in [-0.15, -0.1) is 0 Å². The third-order valence-electron chi connectivity index (χ3n) is 3.12. The van der Waals surface area contributed by atoms with Crippen molar-refractivity contribution >= 4 is 17.6 Å². The molecule has 1 amide bonds. The van der Waals surface area contributed by atoms with Crippen LogP contribution in [0.5, 0.6) is 0 Å². The van der Waals surface area contributed by atoms with E-state index in [4.69, 9.17) is 9.84 Å². The molecule has 0 bridgehead atoms. The van der Waals surface area contributed by atoms with Crippen LogP contribution in [-0.4, -0.2) is 29.2 Å². The number of rotatable bonds is 3. The van der Waals surface area contributed by atoms with Gasteiger partial charge in [-0.25, -0.2) is 13.6 Å². The van der Waals surface area contributed by atoms with Crippen LogP contribution >= 0.6 is 0 Å². The lowest BCUT2D eigenvalue weighted by Crippen LogP contribution is -2.30. The Bertz CT molecular complexity index is 562. The third-order valence-corrected chi connectivity index (χ3v) is 3.12. The fraction of sp³-hybridized carbons (Fsp3) is 0.385. The van der Waals surface area contributed by atoms with E-state index in [0.29, 0.717) is 0 Å². The van der Waals surface area contributed by atoms with E-state index in [1.165, 1.54) is 13.0 Å². The monoisotopic (exact) mass is 285 g/mol. The number of carbonyl (C=O) groups excluding carboxylic acids is 1. The second kappa shape index (κ2) is 5.54. The van der Waals surface area contributed by atoms with Gasteiger partial charge in [0.25, 0.3) is 5.91 Å². The van der Waals surface area contributed by atoms with Gasteiger partial charge in [0, 0.05) is 0 Å². The van der Waals surface area contributed by atoms with Gasteiger partial charge >= 0.3 is 5.97 Å². The largest absolute Gasteiger partial charge is 0.479 e. The summed E-state index contributed by atoms with van der Waals surface area (Å²) >= 11 is 0. The topological polar surface area (TPSA) is 75.6 Å². The first-order chi connectivity index (χ1) is 9.40. The van der Waals surface area contributed by atoms with Crippen LogP contribution in [-0.2, 0) is 14.3 Å². The smallest absolute Gasteiger partial charge is 0.332 e. The molecule has 2 atom stereocenters. The van der Waals surface area contributed by atoms with E-state index in [-0.39, 0.29) is 18.4 Å². The SMILES string of the molecule is Cc1ccc(F)c(NC(=O)C2CCC(C(=O)O)O2)c1F. The Labute approximate surface area is 113 Å². The van der Waals surface area contributed by atoms with Gasteiger partial charge in [0.15, 0.2) is 11.9 Å². The molecule has 1 aliphatic heterocycles. The molecular formula is C13H13F2NO4. The highest BCUT2D eigenvalue weighted by atomic mass is 19.1. The van der Waals surface area contributed by atoms with Crippen LogP contribution in [0.3, 0.4) is 0 Å². The van der Waals surface area contributed by atoms with E-state index in [1.54, 1.807) is 0 Å². The molecule has 108 valence electrons. The highest BCUT2D eigenvalue weighted by Gasteiger charge is 2.35. The quantitative estimate of drug-likeness (QED) is 0.888. The number of amides is 1. The molecule has 20 heavy (non-hydrogen) atoms. The first-order valence-corrected chi connectivity index (χ1v) is 6.04. The maximum atomic E-state index is 13.7. The number of nitrogens with one attached hydrogen (secondary N) is 1. The Hall–Kier alpha value is -2.02. The van der Waals surface area contributed by atoms with Gasteiger partial charge < -0.3 is 15.2 Å². The average Bonchev–Trinajstić information content (AvgIpc) is 2.89. The van der Waals surface area contributed by atoms with Gasteiger partial charge in [-0.05, 0) is 31.4 Å². The lowest BCUT2D eigenvalue weighted by Gasteiger charge is -2.13. The van der Waals surface area contributed by atoms with Gasteiger partial charge in [0.2, 0.25) is 0 Å². The number of carboxylic acids is 1. The molecule has 1 fully saturated rings. The van der Waals surface area contributed by atoms with Crippen molar-refractivity contribution < 1.29 is 28.2 Å². The van der Waals surface area contributed by atoms with E-state index < -0.39 is 41.4 Å². The zero-order valence-corrected chi connectivity index (χ0v) is 10.7. The number of ether oxygens (including phenoxy) is 1. The number of benzene rings is 1. The van der Waals surface area contributed by atoms with Crippen molar-refractivity contribution in [1.82, 2.24) is 0 Å². The molecule has 2 unspecified atom stereocenters. The number of hydrogen-bond acceptors (Lipinski definition) is 3. The lowest BCUT2D eigenvalue weighted by molar-refractivity contribution is -0.150. The molecule has 1 saturated heterocycles. The minimum absolute atomic E-state index is 0.187. The molecule has 0 aromatic heterocycles. The Morgan fingerprint density at radius 3 is 2.55 bits per heavy atom. The van der Waals surface area contributed by atoms with Crippen molar-refractivity contribution in [3.63, 3.8) is 0 Å². The van der Waals surface area contributed by atoms with E-state index in [0.717, 1.165) is 6.07 Å².